The van der Waals surface area contributed by atoms with Gasteiger partial charge in [-0.05, 0) is 25.1 Å². The van der Waals surface area contributed by atoms with Crippen molar-refractivity contribution in [2.45, 2.75) is 19.1 Å². The number of nitrogens with zero attached hydrogens (tertiary/aromatic N) is 1. The fourth-order valence-electron chi connectivity index (χ4n) is 1.37. The SMILES string of the molecule is CC(C(=N)N)N(C)C(=O)Nc1cccc(C(F)(F)F)c1. The third-order valence-electron chi connectivity index (χ3n) is 2.79. The molecular weight excluding hydrogens is 273 g/mol. The smallest absolute Gasteiger partial charge is 0.386 e. The second-order valence-corrected chi connectivity index (χ2v) is 4.25. The predicted octanol–water partition coefficient (Wildman–Crippen LogP) is 2.49. The number of amides is 2. The molecule has 0 aliphatic rings. The summed E-state index contributed by atoms with van der Waals surface area (Å²) in [5, 5.41) is 9.55. The molecule has 8 heteroatoms. The van der Waals surface area contributed by atoms with Crippen LogP contribution in [0.5, 0.6) is 0 Å². The van der Waals surface area contributed by atoms with Gasteiger partial charge in [0.2, 0.25) is 0 Å². The van der Waals surface area contributed by atoms with Crippen LogP contribution in [0.15, 0.2) is 24.3 Å². The quantitative estimate of drug-likeness (QED) is 0.590. The maximum atomic E-state index is 12.5. The van der Waals surface area contributed by atoms with Crippen molar-refractivity contribution in [1.82, 2.24) is 4.90 Å². The standard InChI is InChI=1S/C12H15F3N4O/c1-7(10(16)17)19(2)11(20)18-9-5-3-4-8(6-9)12(13,14)15/h3-7H,1-2H3,(H3,16,17)(H,18,20). The molecule has 1 rings (SSSR count). The second kappa shape index (κ2) is 5.81. The van der Waals surface area contributed by atoms with Gasteiger partial charge in [0.25, 0.3) is 0 Å². The van der Waals surface area contributed by atoms with E-state index in [9.17, 15) is 18.0 Å². The van der Waals surface area contributed by atoms with Crippen molar-refractivity contribution in [2.75, 3.05) is 12.4 Å². The van der Waals surface area contributed by atoms with Crippen molar-refractivity contribution in [3.05, 3.63) is 29.8 Å². The Morgan fingerprint density at radius 2 is 2.05 bits per heavy atom. The van der Waals surface area contributed by atoms with E-state index < -0.39 is 23.8 Å². The number of carbonyl (C=O) groups is 1. The summed E-state index contributed by atoms with van der Waals surface area (Å²) in [6.45, 7) is 1.54. The minimum Gasteiger partial charge on any atom is -0.386 e. The molecule has 0 saturated carbocycles. The molecule has 20 heavy (non-hydrogen) atoms. The van der Waals surface area contributed by atoms with Crippen molar-refractivity contribution >= 4 is 17.6 Å². The van der Waals surface area contributed by atoms with Crippen LogP contribution in [0.4, 0.5) is 23.7 Å². The minimum atomic E-state index is -4.47. The lowest BCUT2D eigenvalue weighted by atomic mass is 10.2. The van der Waals surface area contributed by atoms with Crippen LogP contribution in [-0.4, -0.2) is 29.9 Å². The second-order valence-electron chi connectivity index (χ2n) is 4.25. The molecule has 1 atom stereocenters. The fourth-order valence-corrected chi connectivity index (χ4v) is 1.37. The van der Waals surface area contributed by atoms with E-state index in [1.807, 2.05) is 0 Å². The number of nitrogens with two attached hydrogens (primary N) is 1. The monoisotopic (exact) mass is 288 g/mol. The summed E-state index contributed by atoms with van der Waals surface area (Å²) < 4.78 is 37.6. The van der Waals surface area contributed by atoms with Crippen LogP contribution in [-0.2, 0) is 6.18 Å². The Morgan fingerprint density at radius 1 is 1.45 bits per heavy atom. The van der Waals surface area contributed by atoms with Crippen molar-refractivity contribution in [3.8, 4) is 0 Å². The number of alkyl halides is 3. The normalized spacial score (nSPS) is 12.7. The van der Waals surface area contributed by atoms with Crippen LogP contribution < -0.4 is 11.1 Å². The first-order chi connectivity index (χ1) is 9.12. The highest BCUT2D eigenvalue weighted by atomic mass is 19.4. The summed E-state index contributed by atoms with van der Waals surface area (Å²) in [6.07, 6.45) is -4.47. The molecule has 0 heterocycles. The Morgan fingerprint density at radius 3 is 2.55 bits per heavy atom. The van der Waals surface area contributed by atoms with Crippen LogP contribution >= 0.6 is 0 Å². The van der Waals surface area contributed by atoms with Crippen LogP contribution in [0.25, 0.3) is 0 Å². The Balaban J connectivity index is 2.84. The molecule has 0 bridgehead atoms. The van der Waals surface area contributed by atoms with E-state index >= 15 is 0 Å². The number of nitrogens with one attached hydrogen (secondary N) is 2. The van der Waals surface area contributed by atoms with Gasteiger partial charge in [0, 0.05) is 12.7 Å². The lowest BCUT2D eigenvalue weighted by molar-refractivity contribution is -0.137. The predicted molar refractivity (Wildman–Crippen MR) is 69.6 cm³/mol. The number of amidine groups is 1. The van der Waals surface area contributed by atoms with Crippen molar-refractivity contribution in [1.29, 1.82) is 5.41 Å². The maximum absolute atomic E-state index is 12.5. The lowest BCUT2D eigenvalue weighted by Crippen LogP contribution is -2.45. The number of benzene rings is 1. The molecule has 1 aromatic carbocycles. The zero-order valence-electron chi connectivity index (χ0n) is 11.0. The number of anilines is 1. The van der Waals surface area contributed by atoms with Crippen LogP contribution in [0.1, 0.15) is 12.5 Å². The molecule has 1 aromatic rings. The summed E-state index contributed by atoms with van der Waals surface area (Å²) in [6, 6.07) is 3.00. The van der Waals surface area contributed by atoms with Gasteiger partial charge in [-0.1, -0.05) is 6.07 Å². The van der Waals surface area contributed by atoms with Crippen molar-refractivity contribution in [2.24, 2.45) is 5.73 Å². The first kappa shape index (κ1) is 15.8. The van der Waals surface area contributed by atoms with E-state index in [4.69, 9.17) is 11.1 Å². The van der Waals surface area contributed by atoms with Crippen LogP contribution in [0, 0.1) is 5.41 Å². The van der Waals surface area contributed by atoms with E-state index in [0.717, 1.165) is 17.0 Å². The average Bonchev–Trinajstić information content (AvgIpc) is 2.36. The molecule has 0 saturated heterocycles. The van der Waals surface area contributed by atoms with E-state index in [1.54, 1.807) is 0 Å². The lowest BCUT2D eigenvalue weighted by Gasteiger charge is -2.24. The Hall–Kier alpha value is -2.25. The fraction of sp³-hybridized carbons (Fsp3) is 0.333. The molecule has 0 radical (unpaired) electrons. The molecule has 0 aromatic heterocycles. The van der Waals surface area contributed by atoms with Gasteiger partial charge in [0.05, 0.1) is 11.6 Å². The van der Waals surface area contributed by atoms with Gasteiger partial charge in [-0.3, -0.25) is 5.41 Å². The van der Waals surface area contributed by atoms with Gasteiger partial charge >= 0.3 is 12.2 Å². The van der Waals surface area contributed by atoms with Gasteiger partial charge < -0.3 is 16.0 Å². The molecule has 0 spiro atoms. The number of carbonyl (C=O) groups excluding carboxylic acids is 1. The van der Waals surface area contributed by atoms with E-state index in [2.05, 4.69) is 5.32 Å². The average molecular weight is 288 g/mol. The third kappa shape index (κ3) is 3.87. The van der Waals surface area contributed by atoms with E-state index in [-0.39, 0.29) is 11.5 Å². The summed E-state index contributed by atoms with van der Waals surface area (Å²) in [4.78, 5) is 12.9. The first-order valence-corrected chi connectivity index (χ1v) is 5.68. The zero-order chi connectivity index (χ0) is 15.5. The van der Waals surface area contributed by atoms with Gasteiger partial charge in [-0.25, -0.2) is 4.79 Å². The minimum absolute atomic E-state index is 0.0208. The molecule has 0 fully saturated rings. The van der Waals surface area contributed by atoms with Crippen molar-refractivity contribution in [3.63, 3.8) is 0 Å². The molecule has 4 N–H and O–H groups in total. The highest BCUT2D eigenvalue weighted by Gasteiger charge is 2.30. The molecule has 0 aliphatic carbocycles. The topological polar surface area (TPSA) is 82.2 Å². The van der Waals surface area contributed by atoms with Crippen LogP contribution in [0.2, 0.25) is 0 Å². The maximum Gasteiger partial charge on any atom is 0.416 e. The molecule has 0 aliphatic heterocycles. The Bertz CT molecular complexity index is 516. The number of hydrogen-bond donors (Lipinski definition) is 3. The van der Waals surface area contributed by atoms with Gasteiger partial charge in [-0.2, -0.15) is 13.2 Å². The molecule has 2 amide bonds. The third-order valence-corrected chi connectivity index (χ3v) is 2.79. The summed E-state index contributed by atoms with van der Waals surface area (Å²) >= 11 is 0. The van der Waals surface area contributed by atoms with Gasteiger partial charge in [-0.15, -0.1) is 0 Å². The highest BCUT2D eigenvalue weighted by molar-refractivity contribution is 5.93. The Kier molecular flexibility index (Phi) is 4.59. The number of likely N-dealkylation sites (N-methyl/N-ethyl adjacent to an activating group) is 1. The highest BCUT2D eigenvalue weighted by Crippen LogP contribution is 2.30. The molecular formula is C12H15F3N4O. The number of hydrogen-bond acceptors (Lipinski definition) is 2. The van der Waals surface area contributed by atoms with Gasteiger partial charge in [0.1, 0.15) is 5.84 Å². The Labute approximate surface area is 114 Å². The zero-order valence-corrected chi connectivity index (χ0v) is 11.0. The van der Waals surface area contributed by atoms with Crippen molar-refractivity contribution < 1.29 is 18.0 Å². The summed E-state index contributed by atoms with van der Waals surface area (Å²) in [7, 11) is 1.40. The number of urea groups is 1. The number of rotatable bonds is 3. The van der Waals surface area contributed by atoms with Crippen LogP contribution in [0.3, 0.4) is 0 Å². The molecule has 1 unspecified atom stereocenters. The molecule has 110 valence electrons. The van der Waals surface area contributed by atoms with Gasteiger partial charge in [0.15, 0.2) is 0 Å². The molecule has 5 nitrogen and oxygen atoms in total. The van der Waals surface area contributed by atoms with E-state index in [0.29, 0.717) is 0 Å². The van der Waals surface area contributed by atoms with E-state index in [1.165, 1.54) is 26.1 Å². The largest absolute Gasteiger partial charge is 0.416 e. The summed E-state index contributed by atoms with van der Waals surface area (Å²) in [5.41, 5.74) is 4.43. The summed E-state index contributed by atoms with van der Waals surface area (Å²) in [5.74, 6) is -0.216. The number of halogens is 3. The first-order valence-electron chi connectivity index (χ1n) is 5.68.